The first-order valence-corrected chi connectivity index (χ1v) is 8.89. The molecular weight excluding hydrogens is 381 g/mol. The van der Waals surface area contributed by atoms with Gasteiger partial charge in [0, 0.05) is 11.1 Å². The molecule has 0 bridgehead atoms. The molecule has 2 aromatic rings. The molecule has 1 fully saturated rings. The summed E-state index contributed by atoms with van der Waals surface area (Å²) in [7, 11) is 2.18. The van der Waals surface area contributed by atoms with Crippen LogP contribution in [0.2, 0.25) is 5.02 Å². The predicted octanol–water partition coefficient (Wildman–Crippen LogP) is 4.47. The second kappa shape index (κ2) is 8.91. The first-order valence-electron chi connectivity index (χ1n) is 8.51. The van der Waals surface area contributed by atoms with E-state index in [1.165, 1.54) is 29.2 Å². The van der Waals surface area contributed by atoms with Gasteiger partial charge in [-0.25, -0.2) is 4.79 Å². The molecule has 1 unspecified atom stereocenters. The molecule has 0 spiro atoms. The van der Waals surface area contributed by atoms with Gasteiger partial charge in [0.25, 0.3) is 0 Å². The van der Waals surface area contributed by atoms with E-state index in [0.717, 1.165) is 18.1 Å². The van der Waals surface area contributed by atoms with Crippen molar-refractivity contribution in [3.8, 4) is 0 Å². The number of likely N-dealkylation sites (tertiary alicyclic amines) is 1. The first-order chi connectivity index (χ1) is 12.6. The van der Waals surface area contributed by atoms with Gasteiger partial charge in [0.15, 0.2) is 0 Å². The number of nitrogens with zero attached hydrogens (tertiary/aromatic N) is 1. The van der Waals surface area contributed by atoms with Gasteiger partial charge in [0.1, 0.15) is 0 Å². The molecule has 1 saturated heterocycles. The van der Waals surface area contributed by atoms with Crippen LogP contribution in [0, 0.1) is 5.92 Å². The van der Waals surface area contributed by atoms with Gasteiger partial charge in [0.05, 0.1) is 0 Å². The van der Waals surface area contributed by atoms with E-state index in [4.69, 9.17) is 27.2 Å². The van der Waals surface area contributed by atoms with Crippen molar-refractivity contribution >= 4 is 28.3 Å². The number of carboxylic acid groups (broad SMARTS) is 1. The molecular formula is C19H22ClF3N2O2. The van der Waals surface area contributed by atoms with E-state index in [2.05, 4.69) is 36.2 Å². The number of carboxylic acids is 1. The molecule has 148 valence electrons. The van der Waals surface area contributed by atoms with Crippen LogP contribution in [-0.4, -0.2) is 42.3 Å². The van der Waals surface area contributed by atoms with Crippen LogP contribution >= 0.6 is 11.6 Å². The first kappa shape index (κ1) is 21.5. The number of piperidine rings is 1. The average Bonchev–Trinajstić information content (AvgIpc) is 2.61. The number of benzene rings is 2. The fourth-order valence-corrected chi connectivity index (χ4v) is 3.28. The lowest BCUT2D eigenvalue weighted by Gasteiger charge is -2.32. The lowest BCUT2D eigenvalue weighted by atomic mass is 9.85. The van der Waals surface area contributed by atoms with Crippen molar-refractivity contribution in [1.29, 1.82) is 0 Å². The number of hydrogen-bond donors (Lipinski definition) is 2. The maximum absolute atomic E-state index is 10.6. The number of alkyl halides is 3. The van der Waals surface area contributed by atoms with Gasteiger partial charge in [-0.3, -0.25) is 0 Å². The van der Waals surface area contributed by atoms with Crippen LogP contribution in [0.25, 0.3) is 10.8 Å². The number of halogens is 4. The highest BCUT2D eigenvalue weighted by Crippen LogP contribution is 2.30. The second-order valence-electron chi connectivity index (χ2n) is 6.72. The van der Waals surface area contributed by atoms with E-state index in [0.29, 0.717) is 5.92 Å². The molecule has 1 atom stereocenters. The summed E-state index contributed by atoms with van der Waals surface area (Å²) in [6.45, 7) is 2.31. The van der Waals surface area contributed by atoms with Crippen molar-refractivity contribution in [3.63, 3.8) is 0 Å². The second-order valence-corrected chi connectivity index (χ2v) is 7.16. The van der Waals surface area contributed by atoms with Gasteiger partial charge in [-0.1, -0.05) is 29.8 Å². The maximum Gasteiger partial charge on any atom is 0.490 e. The minimum atomic E-state index is -5.08. The molecule has 3 rings (SSSR count). The zero-order valence-electron chi connectivity index (χ0n) is 14.8. The molecule has 1 aliphatic heterocycles. The minimum absolute atomic E-state index is 0.142. The molecule has 2 aromatic carbocycles. The quantitative estimate of drug-likeness (QED) is 0.777. The van der Waals surface area contributed by atoms with Crippen LogP contribution in [0.3, 0.4) is 0 Å². The smallest absolute Gasteiger partial charge is 0.475 e. The minimum Gasteiger partial charge on any atom is -0.475 e. The Morgan fingerprint density at radius 2 is 1.70 bits per heavy atom. The van der Waals surface area contributed by atoms with Crippen molar-refractivity contribution in [2.24, 2.45) is 11.7 Å². The highest BCUT2D eigenvalue weighted by Gasteiger charge is 2.38. The van der Waals surface area contributed by atoms with Crippen LogP contribution in [0.1, 0.15) is 24.4 Å². The average molecular weight is 403 g/mol. The summed E-state index contributed by atoms with van der Waals surface area (Å²) in [4.78, 5) is 11.3. The van der Waals surface area contributed by atoms with Crippen LogP contribution in [0.15, 0.2) is 36.4 Å². The molecule has 8 heteroatoms. The van der Waals surface area contributed by atoms with Crippen molar-refractivity contribution < 1.29 is 23.1 Å². The molecule has 0 radical (unpaired) electrons. The SMILES string of the molecule is CN1CCC(C(N)c2ccc3cc(Cl)ccc3c2)CC1.O=C(O)C(F)(F)F. The van der Waals surface area contributed by atoms with E-state index < -0.39 is 12.1 Å². The Bertz CT molecular complexity index is 790. The monoisotopic (exact) mass is 402 g/mol. The third kappa shape index (κ3) is 6.09. The van der Waals surface area contributed by atoms with Crippen LogP contribution in [-0.2, 0) is 4.79 Å². The summed E-state index contributed by atoms with van der Waals surface area (Å²) in [6.07, 6.45) is -2.70. The zero-order chi connectivity index (χ0) is 20.2. The number of carbonyl (C=O) groups is 1. The van der Waals surface area contributed by atoms with Crippen molar-refractivity contribution in [2.45, 2.75) is 25.1 Å². The van der Waals surface area contributed by atoms with Gasteiger partial charge in [-0.05, 0) is 73.4 Å². The van der Waals surface area contributed by atoms with Gasteiger partial charge >= 0.3 is 12.1 Å². The van der Waals surface area contributed by atoms with Crippen molar-refractivity contribution in [3.05, 3.63) is 47.0 Å². The van der Waals surface area contributed by atoms with Crippen LogP contribution in [0.5, 0.6) is 0 Å². The molecule has 4 nitrogen and oxygen atoms in total. The Hall–Kier alpha value is -1.83. The molecule has 3 N–H and O–H groups in total. The fraction of sp³-hybridized carbons (Fsp3) is 0.421. The topological polar surface area (TPSA) is 66.6 Å². The summed E-state index contributed by atoms with van der Waals surface area (Å²) in [5.41, 5.74) is 7.74. The molecule has 0 amide bonds. The molecule has 0 aromatic heterocycles. The van der Waals surface area contributed by atoms with Crippen molar-refractivity contribution in [1.82, 2.24) is 4.90 Å². The Morgan fingerprint density at radius 3 is 2.26 bits per heavy atom. The molecule has 27 heavy (non-hydrogen) atoms. The van der Waals surface area contributed by atoms with E-state index >= 15 is 0 Å². The highest BCUT2D eigenvalue weighted by molar-refractivity contribution is 6.31. The van der Waals surface area contributed by atoms with Crippen molar-refractivity contribution in [2.75, 3.05) is 20.1 Å². The third-order valence-corrected chi connectivity index (χ3v) is 4.96. The summed E-state index contributed by atoms with van der Waals surface area (Å²) in [5.74, 6) is -2.16. The van der Waals surface area contributed by atoms with Gasteiger partial charge in [-0.2, -0.15) is 13.2 Å². The summed E-state index contributed by atoms with van der Waals surface area (Å²) in [5, 5.41) is 10.3. The fourth-order valence-electron chi connectivity index (χ4n) is 3.10. The Kier molecular flexibility index (Phi) is 7.08. The highest BCUT2D eigenvalue weighted by atomic mass is 35.5. The number of rotatable bonds is 2. The molecule has 0 saturated carbocycles. The summed E-state index contributed by atoms with van der Waals surface area (Å²) < 4.78 is 31.7. The molecule has 1 aliphatic rings. The van der Waals surface area contributed by atoms with Gasteiger partial charge in [-0.15, -0.1) is 0 Å². The normalized spacial score (nSPS) is 17.3. The Balaban J connectivity index is 0.000000321. The van der Waals surface area contributed by atoms with Gasteiger partial charge < -0.3 is 15.7 Å². The van der Waals surface area contributed by atoms with Crippen LogP contribution < -0.4 is 5.73 Å². The predicted molar refractivity (Wildman–Crippen MR) is 99.8 cm³/mol. The number of hydrogen-bond acceptors (Lipinski definition) is 3. The van der Waals surface area contributed by atoms with Crippen LogP contribution in [0.4, 0.5) is 13.2 Å². The van der Waals surface area contributed by atoms with E-state index in [9.17, 15) is 13.2 Å². The number of nitrogens with two attached hydrogens (primary N) is 1. The molecule has 1 heterocycles. The Labute approximate surface area is 160 Å². The Morgan fingerprint density at radius 1 is 1.19 bits per heavy atom. The van der Waals surface area contributed by atoms with E-state index in [1.807, 2.05) is 12.1 Å². The standard InChI is InChI=1S/C17H21ClN2.C2HF3O2/c1-20-8-6-12(7-9-20)17(19)15-3-2-14-11-16(18)5-4-13(14)10-15;3-2(4,5)1(6)7/h2-5,10-12,17H,6-9,19H2,1H3;(H,6,7). The summed E-state index contributed by atoms with van der Waals surface area (Å²) >= 11 is 6.03. The number of aliphatic carboxylic acids is 1. The number of fused-ring (bicyclic) bond motifs is 1. The van der Waals surface area contributed by atoms with E-state index in [-0.39, 0.29) is 6.04 Å². The van der Waals surface area contributed by atoms with E-state index in [1.54, 1.807) is 0 Å². The van der Waals surface area contributed by atoms with Gasteiger partial charge in [0.2, 0.25) is 0 Å². The lowest BCUT2D eigenvalue weighted by Crippen LogP contribution is -2.35. The summed E-state index contributed by atoms with van der Waals surface area (Å²) in [6, 6.07) is 12.7. The lowest BCUT2D eigenvalue weighted by molar-refractivity contribution is -0.192. The largest absolute Gasteiger partial charge is 0.490 e. The zero-order valence-corrected chi connectivity index (χ0v) is 15.6. The molecule has 0 aliphatic carbocycles. The third-order valence-electron chi connectivity index (χ3n) is 4.72. The maximum atomic E-state index is 10.6.